The number of rotatable bonds is 4. The summed E-state index contributed by atoms with van der Waals surface area (Å²) in [6, 6.07) is 5.16. The second-order valence-electron chi connectivity index (χ2n) is 10.4. The molecule has 7 nitrogen and oxygen atoms in total. The van der Waals surface area contributed by atoms with Crippen LogP contribution in [-0.4, -0.2) is 43.6 Å². The minimum atomic E-state index is -0.391. The standard InChI is InChI=1S/C26H28FN5O2/c27-17-4-7-21(24(8-17)34-20-9-18-5-6-19(10-20)29-18)26(33)31-13-22-23(14-31)30-32-12-16(11-28-25(22)32)15-2-1-3-15/h4,7-8,11-12,15,18-20,29H,1-3,5-6,9-10,13-14H2/t18-,19+,20?. The Hall–Kier alpha value is -3.00. The molecule has 1 aromatic carbocycles. The molecular formula is C26H28FN5O2. The summed E-state index contributed by atoms with van der Waals surface area (Å²) in [7, 11) is 0. The van der Waals surface area contributed by atoms with Gasteiger partial charge in [0, 0.05) is 36.1 Å². The van der Waals surface area contributed by atoms with Gasteiger partial charge in [0.15, 0.2) is 5.65 Å². The van der Waals surface area contributed by atoms with E-state index in [0.717, 1.165) is 42.6 Å². The molecule has 3 aromatic rings. The number of fused-ring (bicyclic) bond motifs is 5. The van der Waals surface area contributed by atoms with E-state index in [-0.39, 0.29) is 12.0 Å². The maximum atomic E-state index is 14.1. The molecule has 1 saturated carbocycles. The van der Waals surface area contributed by atoms with Gasteiger partial charge < -0.3 is 15.0 Å². The van der Waals surface area contributed by atoms with Crippen molar-refractivity contribution >= 4 is 11.6 Å². The normalized spacial score (nSPS) is 26.0. The van der Waals surface area contributed by atoms with E-state index in [0.29, 0.717) is 42.4 Å². The molecule has 1 aliphatic carbocycles. The second-order valence-corrected chi connectivity index (χ2v) is 10.4. The van der Waals surface area contributed by atoms with Gasteiger partial charge in [-0.05, 0) is 62.1 Å². The zero-order chi connectivity index (χ0) is 22.8. The highest BCUT2D eigenvalue weighted by molar-refractivity contribution is 5.97. The van der Waals surface area contributed by atoms with Crippen LogP contribution < -0.4 is 10.1 Å². The van der Waals surface area contributed by atoms with Crippen LogP contribution in [0.25, 0.3) is 5.65 Å². The van der Waals surface area contributed by atoms with Gasteiger partial charge in [0.1, 0.15) is 17.7 Å². The third-order valence-corrected chi connectivity index (χ3v) is 8.12. The van der Waals surface area contributed by atoms with E-state index in [1.54, 1.807) is 11.0 Å². The van der Waals surface area contributed by atoms with Crippen molar-refractivity contribution in [2.45, 2.75) is 82.1 Å². The van der Waals surface area contributed by atoms with Gasteiger partial charge in [-0.1, -0.05) is 6.42 Å². The first kappa shape index (κ1) is 20.4. The average Bonchev–Trinajstić information content (AvgIpc) is 3.44. The molecule has 1 N–H and O–H groups in total. The maximum Gasteiger partial charge on any atom is 0.258 e. The number of nitrogens with one attached hydrogen (secondary N) is 1. The molecule has 0 spiro atoms. The number of benzene rings is 1. The van der Waals surface area contributed by atoms with Gasteiger partial charge in [-0.3, -0.25) is 4.79 Å². The Labute approximate surface area is 197 Å². The number of aromatic nitrogens is 3. The van der Waals surface area contributed by atoms with Crippen LogP contribution in [0.4, 0.5) is 4.39 Å². The summed E-state index contributed by atoms with van der Waals surface area (Å²) < 4.78 is 22.3. The first-order valence-electron chi connectivity index (χ1n) is 12.5. The van der Waals surface area contributed by atoms with Crippen LogP contribution in [0.2, 0.25) is 0 Å². The first-order valence-corrected chi connectivity index (χ1v) is 12.5. The van der Waals surface area contributed by atoms with Crippen molar-refractivity contribution in [3.8, 4) is 5.75 Å². The number of hydrogen-bond acceptors (Lipinski definition) is 5. The fourth-order valence-corrected chi connectivity index (χ4v) is 6.08. The predicted octanol–water partition coefficient (Wildman–Crippen LogP) is 3.95. The van der Waals surface area contributed by atoms with Crippen molar-refractivity contribution in [1.29, 1.82) is 0 Å². The van der Waals surface area contributed by atoms with Crippen molar-refractivity contribution in [3.63, 3.8) is 0 Å². The van der Waals surface area contributed by atoms with E-state index in [2.05, 4.69) is 11.5 Å². The van der Waals surface area contributed by atoms with E-state index >= 15 is 0 Å². The van der Waals surface area contributed by atoms with Crippen LogP contribution >= 0.6 is 0 Å². The lowest BCUT2D eigenvalue weighted by Gasteiger charge is -2.30. The highest BCUT2D eigenvalue weighted by Gasteiger charge is 2.36. The van der Waals surface area contributed by atoms with Crippen LogP contribution in [0.5, 0.6) is 5.75 Å². The molecular weight excluding hydrogens is 433 g/mol. The van der Waals surface area contributed by atoms with E-state index in [4.69, 9.17) is 14.8 Å². The van der Waals surface area contributed by atoms with Gasteiger partial charge in [-0.2, -0.15) is 5.10 Å². The fraction of sp³-hybridized carbons (Fsp3) is 0.500. The molecule has 3 fully saturated rings. The SMILES string of the molecule is O=C(c1ccc(F)cc1OC1C[C@H]2CC[C@@H](C1)N2)N1Cc2nn3cc(C4CCC4)cnc3c2C1. The monoisotopic (exact) mass is 461 g/mol. The van der Waals surface area contributed by atoms with Gasteiger partial charge in [0.25, 0.3) is 5.91 Å². The molecule has 4 aliphatic rings. The molecule has 176 valence electrons. The second kappa shape index (κ2) is 7.77. The fourth-order valence-electron chi connectivity index (χ4n) is 6.08. The lowest BCUT2D eigenvalue weighted by atomic mass is 9.81. The Morgan fingerprint density at radius 2 is 1.94 bits per heavy atom. The lowest BCUT2D eigenvalue weighted by Crippen LogP contribution is -2.42. The number of carbonyl (C=O) groups is 1. The third-order valence-electron chi connectivity index (χ3n) is 8.12. The molecule has 34 heavy (non-hydrogen) atoms. The van der Waals surface area contributed by atoms with Crippen LogP contribution in [0.1, 0.15) is 78.0 Å². The molecule has 8 heteroatoms. The van der Waals surface area contributed by atoms with Gasteiger partial charge in [-0.25, -0.2) is 13.9 Å². The average molecular weight is 462 g/mol. The third kappa shape index (κ3) is 3.38. The molecule has 0 radical (unpaired) electrons. The molecule has 3 atom stereocenters. The largest absolute Gasteiger partial charge is 0.489 e. The predicted molar refractivity (Wildman–Crippen MR) is 123 cm³/mol. The Balaban J connectivity index is 1.12. The maximum absolute atomic E-state index is 14.1. The summed E-state index contributed by atoms with van der Waals surface area (Å²) in [5, 5.41) is 8.33. The van der Waals surface area contributed by atoms with Gasteiger partial charge in [0.2, 0.25) is 0 Å². The van der Waals surface area contributed by atoms with Crippen molar-refractivity contribution in [2.75, 3.05) is 0 Å². The number of hydrogen-bond donors (Lipinski definition) is 1. The number of halogens is 1. The highest BCUT2D eigenvalue weighted by Crippen LogP contribution is 2.37. The quantitative estimate of drug-likeness (QED) is 0.637. The Bertz CT molecular complexity index is 1270. The van der Waals surface area contributed by atoms with Crippen LogP contribution in [0.15, 0.2) is 30.6 Å². The van der Waals surface area contributed by atoms with Crippen LogP contribution in [0, 0.1) is 5.82 Å². The molecule has 1 amide bonds. The number of amides is 1. The molecule has 2 aromatic heterocycles. The summed E-state index contributed by atoms with van der Waals surface area (Å²) in [5.41, 5.74) is 4.34. The molecule has 5 heterocycles. The minimum Gasteiger partial charge on any atom is -0.489 e. The number of ether oxygens (including phenoxy) is 1. The first-order chi connectivity index (χ1) is 16.6. The van der Waals surface area contributed by atoms with Gasteiger partial charge >= 0.3 is 0 Å². The van der Waals surface area contributed by atoms with Gasteiger partial charge in [-0.15, -0.1) is 0 Å². The van der Waals surface area contributed by atoms with Crippen molar-refractivity contribution in [3.05, 3.63) is 58.8 Å². The number of nitrogens with zero attached hydrogens (tertiary/aromatic N) is 4. The van der Waals surface area contributed by atoms with E-state index in [1.165, 1.54) is 37.0 Å². The minimum absolute atomic E-state index is 0.00106. The molecule has 1 unspecified atom stereocenters. The Kier molecular flexibility index (Phi) is 4.65. The lowest BCUT2D eigenvalue weighted by molar-refractivity contribution is 0.0737. The molecule has 2 saturated heterocycles. The Morgan fingerprint density at radius 1 is 1.12 bits per heavy atom. The number of piperidine rings is 1. The zero-order valence-corrected chi connectivity index (χ0v) is 19.0. The smallest absolute Gasteiger partial charge is 0.258 e. The van der Waals surface area contributed by atoms with Crippen molar-refractivity contribution < 1.29 is 13.9 Å². The summed E-state index contributed by atoms with van der Waals surface area (Å²) in [4.78, 5) is 20.0. The van der Waals surface area contributed by atoms with Crippen LogP contribution in [0.3, 0.4) is 0 Å². The van der Waals surface area contributed by atoms with E-state index < -0.39 is 5.82 Å². The highest BCUT2D eigenvalue weighted by atomic mass is 19.1. The summed E-state index contributed by atoms with van der Waals surface area (Å²) in [6.45, 7) is 0.867. The molecule has 3 aliphatic heterocycles. The van der Waals surface area contributed by atoms with E-state index in [9.17, 15) is 9.18 Å². The molecule has 2 bridgehead atoms. The summed E-state index contributed by atoms with van der Waals surface area (Å²) in [5.74, 6) is 0.394. The topological polar surface area (TPSA) is 71.8 Å². The van der Waals surface area contributed by atoms with Gasteiger partial charge in [0.05, 0.1) is 24.3 Å². The van der Waals surface area contributed by atoms with E-state index in [1.807, 2.05) is 10.7 Å². The molecule has 7 rings (SSSR count). The van der Waals surface area contributed by atoms with Crippen molar-refractivity contribution in [2.24, 2.45) is 0 Å². The van der Waals surface area contributed by atoms with Crippen LogP contribution in [-0.2, 0) is 13.1 Å². The number of carbonyl (C=O) groups excluding carboxylic acids is 1. The summed E-state index contributed by atoms with van der Waals surface area (Å²) >= 11 is 0. The summed E-state index contributed by atoms with van der Waals surface area (Å²) in [6.07, 6.45) is 11.9. The van der Waals surface area contributed by atoms with Crippen molar-refractivity contribution in [1.82, 2.24) is 24.8 Å². The zero-order valence-electron chi connectivity index (χ0n) is 19.0. The Morgan fingerprint density at radius 3 is 2.71 bits per heavy atom.